The Bertz CT molecular complexity index is 1250. The molecule has 1 N–H and O–H groups in total. The summed E-state index contributed by atoms with van der Waals surface area (Å²) < 4.78 is 22.4. The van der Waals surface area contributed by atoms with Gasteiger partial charge in [0.05, 0.1) is 6.61 Å². The minimum atomic E-state index is -0.502. The Morgan fingerprint density at radius 2 is 1.89 bits per heavy atom. The molecular weight excluding hydrogens is 490 g/mol. The van der Waals surface area contributed by atoms with Gasteiger partial charge in [-0.05, 0) is 40.5 Å². The summed E-state index contributed by atoms with van der Waals surface area (Å²) in [6.45, 7) is 9.12. The molecule has 11 heteroatoms. The van der Waals surface area contributed by atoms with Crippen LogP contribution in [0.4, 0.5) is 4.79 Å². The van der Waals surface area contributed by atoms with Gasteiger partial charge in [-0.3, -0.25) is 4.79 Å². The van der Waals surface area contributed by atoms with Crippen LogP contribution in [0.15, 0.2) is 45.3 Å². The van der Waals surface area contributed by atoms with Crippen molar-refractivity contribution >= 4 is 12.0 Å². The van der Waals surface area contributed by atoms with Gasteiger partial charge in [-0.15, -0.1) is 10.2 Å². The first-order chi connectivity index (χ1) is 18.1. The van der Waals surface area contributed by atoms with Gasteiger partial charge in [0, 0.05) is 42.6 Å². The van der Waals surface area contributed by atoms with Crippen LogP contribution in [0.25, 0.3) is 11.3 Å². The van der Waals surface area contributed by atoms with E-state index in [1.165, 1.54) is 0 Å². The second kappa shape index (κ2) is 10.6. The van der Waals surface area contributed by atoms with Crippen LogP contribution in [0.2, 0.25) is 0 Å². The van der Waals surface area contributed by atoms with E-state index in [1.54, 1.807) is 11.0 Å². The summed E-state index contributed by atoms with van der Waals surface area (Å²) in [5, 5.41) is 15.3. The van der Waals surface area contributed by atoms with E-state index in [-0.39, 0.29) is 41.7 Å². The van der Waals surface area contributed by atoms with Crippen LogP contribution in [0.5, 0.6) is 0 Å². The molecule has 3 heterocycles. The van der Waals surface area contributed by atoms with Crippen molar-refractivity contribution in [3.05, 3.63) is 53.9 Å². The lowest BCUT2D eigenvalue weighted by Gasteiger charge is -2.39. The van der Waals surface area contributed by atoms with Crippen molar-refractivity contribution in [1.29, 1.82) is 0 Å². The summed E-state index contributed by atoms with van der Waals surface area (Å²) in [6, 6.07) is 11.2. The predicted molar refractivity (Wildman–Crippen MR) is 135 cm³/mol. The SMILES string of the molecule is CC(OCC1CN(C(=O)OC(C)(C)C)C1)c1nnc(C2CC(NC(=O)c3cc(-c4ccccc4)no3)C2)o1. The zero-order valence-electron chi connectivity index (χ0n) is 22.0. The number of aromatic nitrogens is 3. The number of amides is 2. The van der Waals surface area contributed by atoms with E-state index in [1.807, 2.05) is 58.0 Å². The Kier molecular flexibility index (Phi) is 7.20. The van der Waals surface area contributed by atoms with Crippen molar-refractivity contribution in [3.8, 4) is 11.3 Å². The van der Waals surface area contributed by atoms with Gasteiger partial charge >= 0.3 is 6.09 Å². The van der Waals surface area contributed by atoms with Crippen molar-refractivity contribution in [2.24, 2.45) is 5.92 Å². The normalized spacial score (nSPS) is 20.4. The van der Waals surface area contributed by atoms with Crippen LogP contribution in [-0.2, 0) is 9.47 Å². The highest BCUT2D eigenvalue weighted by Gasteiger charge is 2.37. The molecule has 1 saturated heterocycles. The fourth-order valence-corrected chi connectivity index (χ4v) is 4.40. The Morgan fingerprint density at radius 1 is 1.16 bits per heavy atom. The minimum Gasteiger partial charge on any atom is -0.444 e. The van der Waals surface area contributed by atoms with Crippen LogP contribution < -0.4 is 5.32 Å². The van der Waals surface area contributed by atoms with Crippen molar-refractivity contribution < 1.29 is 28.0 Å². The molecule has 1 atom stereocenters. The predicted octanol–water partition coefficient (Wildman–Crippen LogP) is 4.35. The molecule has 2 aromatic heterocycles. The number of carbonyl (C=O) groups excluding carboxylic acids is 2. The maximum atomic E-state index is 12.6. The topological polar surface area (TPSA) is 133 Å². The summed E-state index contributed by atoms with van der Waals surface area (Å²) in [4.78, 5) is 26.3. The molecule has 3 aromatic rings. The number of nitrogens with one attached hydrogen (secondary N) is 1. The van der Waals surface area contributed by atoms with E-state index in [4.69, 9.17) is 18.4 Å². The molecule has 38 heavy (non-hydrogen) atoms. The summed E-state index contributed by atoms with van der Waals surface area (Å²) >= 11 is 0. The first-order valence-corrected chi connectivity index (χ1v) is 12.9. The first-order valence-electron chi connectivity index (χ1n) is 12.9. The standard InChI is InChI=1S/C27H33N5O6/c1-16(35-15-17-13-32(14-17)26(34)37-27(2,3)4)24-29-30-25(36-24)19-10-20(11-19)28-23(33)22-12-21(31-38-22)18-8-6-5-7-9-18/h5-9,12,16-17,19-20H,10-11,13-15H2,1-4H3,(H,28,33). The van der Waals surface area contributed by atoms with Crippen molar-refractivity contribution in [2.45, 2.75) is 64.2 Å². The Hall–Kier alpha value is -3.73. The van der Waals surface area contributed by atoms with E-state index < -0.39 is 5.60 Å². The number of hydrogen-bond acceptors (Lipinski definition) is 9. The van der Waals surface area contributed by atoms with Crippen molar-refractivity contribution in [2.75, 3.05) is 19.7 Å². The molecule has 2 amide bonds. The Balaban J connectivity index is 1.03. The zero-order chi connectivity index (χ0) is 26.9. The fraction of sp³-hybridized carbons (Fsp3) is 0.519. The summed E-state index contributed by atoms with van der Waals surface area (Å²) in [6.07, 6.45) is 0.749. The molecule has 11 nitrogen and oxygen atoms in total. The number of likely N-dealkylation sites (tertiary alicyclic amines) is 1. The van der Waals surface area contributed by atoms with Gasteiger partial charge in [-0.25, -0.2) is 4.79 Å². The summed E-state index contributed by atoms with van der Waals surface area (Å²) in [5.74, 6) is 1.18. The molecule has 5 rings (SSSR count). The van der Waals surface area contributed by atoms with Gasteiger partial charge < -0.3 is 28.6 Å². The van der Waals surface area contributed by atoms with E-state index in [0.29, 0.717) is 50.0 Å². The molecule has 2 aliphatic rings. The van der Waals surface area contributed by atoms with E-state index >= 15 is 0 Å². The molecule has 202 valence electrons. The van der Waals surface area contributed by atoms with Gasteiger partial charge in [0.2, 0.25) is 17.5 Å². The third-order valence-electron chi connectivity index (χ3n) is 6.62. The maximum absolute atomic E-state index is 12.6. The van der Waals surface area contributed by atoms with Crippen molar-refractivity contribution in [3.63, 3.8) is 0 Å². The average molecular weight is 524 g/mol. The molecule has 1 aromatic carbocycles. The number of nitrogens with zero attached hydrogens (tertiary/aromatic N) is 4. The first kappa shape index (κ1) is 25.9. The third kappa shape index (κ3) is 6.04. The van der Waals surface area contributed by atoms with E-state index in [2.05, 4.69) is 20.7 Å². The number of carbonyl (C=O) groups is 2. The number of benzene rings is 1. The average Bonchev–Trinajstić information content (AvgIpc) is 3.50. The van der Waals surface area contributed by atoms with Gasteiger partial charge in [0.15, 0.2) is 0 Å². The lowest BCUT2D eigenvalue weighted by molar-refractivity contribution is -0.0386. The highest BCUT2D eigenvalue weighted by atomic mass is 16.6. The minimum absolute atomic E-state index is 0.00617. The molecule has 2 fully saturated rings. The lowest BCUT2D eigenvalue weighted by Crippen LogP contribution is -2.53. The van der Waals surface area contributed by atoms with Gasteiger partial charge in [0.25, 0.3) is 5.91 Å². The second-order valence-corrected chi connectivity index (χ2v) is 11.0. The molecule has 0 bridgehead atoms. The molecule has 1 aliphatic heterocycles. The zero-order valence-corrected chi connectivity index (χ0v) is 22.0. The molecule has 0 spiro atoms. The Labute approximate surface area is 220 Å². The Morgan fingerprint density at radius 3 is 2.61 bits per heavy atom. The maximum Gasteiger partial charge on any atom is 0.410 e. The molecule has 1 unspecified atom stereocenters. The lowest BCUT2D eigenvalue weighted by atomic mass is 9.80. The summed E-state index contributed by atoms with van der Waals surface area (Å²) in [5.41, 5.74) is 1.01. The second-order valence-electron chi connectivity index (χ2n) is 11.0. The van der Waals surface area contributed by atoms with Crippen molar-refractivity contribution in [1.82, 2.24) is 25.6 Å². The quantitative estimate of drug-likeness (QED) is 0.457. The monoisotopic (exact) mass is 523 g/mol. The molecular formula is C27H33N5O6. The number of rotatable bonds is 8. The van der Waals surface area contributed by atoms with Crippen LogP contribution >= 0.6 is 0 Å². The van der Waals surface area contributed by atoms with Crippen LogP contribution in [0.1, 0.15) is 74.9 Å². The van der Waals surface area contributed by atoms with Gasteiger partial charge in [0.1, 0.15) is 17.4 Å². The number of hydrogen-bond donors (Lipinski definition) is 1. The molecule has 1 aliphatic carbocycles. The molecule has 0 radical (unpaired) electrons. The van der Waals surface area contributed by atoms with Crippen LogP contribution in [0.3, 0.4) is 0 Å². The van der Waals surface area contributed by atoms with Crippen LogP contribution in [0, 0.1) is 5.92 Å². The van der Waals surface area contributed by atoms with E-state index in [9.17, 15) is 9.59 Å². The largest absolute Gasteiger partial charge is 0.444 e. The van der Waals surface area contributed by atoms with Gasteiger partial charge in [-0.1, -0.05) is 35.5 Å². The van der Waals surface area contributed by atoms with E-state index in [0.717, 1.165) is 5.56 Å². The smallest absolute Gasteiger partial charge is 0.410 e. The van der Waals surface area contributed by atoms with Crippen LogP contribution in [-0.4, -0.2) is 63.6 Å². The highest BCUT2D eigenvalue weighted by Crippen LogP contribution is 2.37. The highest BCUT2D eigenvalue weighted by molar-refractivity contribution is 5.92. The number of ether oxygens (including phenoxy) is 2. The van der Waals surface area contributed by atoms with Gasteiger partial charge in [-0.2, -0.15) is 0 Å². The fourth-order valence-electron chi connectivity index (χ4n) is 4.40. The third-order valence-corrected chi connectivity index (χ3v) is 6.62. The molecule has 1 saturated carbocycles. The summed E-state index contributed by atoms with van der Waals surface area (Å²) in [7, 11) is 0.